The highest BCUT2D eigenvalue weighted by Crippen LogP contribution is 2.23. The van der Waals surface area contributed by atoms with Crippen molar-refractivity contribution in [1.29, 1.82) is 0 Å². The van der Waals surface area contributed by atoms with Crippen molar-refractivity contribution in [3.05, 3.63) is 35.4 Å². The lowest BCUT2D eigenvalue weighted by Crippen LogP contribution is -2.51. The van der Waals surface area contributed by atoms with Crippen LogP contribution in [0, 0.1) is 0 Å². The number of amides is 1. The van der Waals surface area contributed by atoms with Gasteiger partial charge in [-0.2, -0.15) is 0 Å². The Kier molecular flexibility index (Phi) is 4.29. The minimum atomic E-state index is -3.50. The Hall–Kier alpha value is -1.93. The molecule has 2 N–H and O–H groups in total. The van der Waals surface area contributed by atoms with E-state index in [0.717, 1.165) is 17.4 Å². The van der Waals surface area contributed by atoms with Crippen LogP contribution in [0.25, 0.3) is 0 Å². The highest BCUT2D eigenvalue weighted by Gasteiger charge is 2.34. The normalized spacial score (nSPS) is 18.1. The van der Waals surface area contributed by atoms with Gasteiger partial charge in [-0.05, 0) is 11.1 Å². The third-order valence-electron chi connectivity index (χ3n) is 3.34. The molecule has 0 spiro atoms. The molecule has 0 bridgehead atoms. The van der Waals surface area contributed by atoms with Gasteiger partial charge in [-0.25, -0.2) is 17.9 Å². The molecule has 7 nitrogen and oxygen atoms in total. The summed E-state index contributed by atoms with van der Waals surface area (Å²) in [6.07, 6.45) is 1.16. The van der Waals surface area contributed by atoms with Crippen LogP contribution in [-0.4, -0.2) is 49.1 Å². The second-order valence-electron chi connectivity index (χ2n) is 4.94. The zero-order valence-corrected chi connectivity index (χ0v) is 12.3. The third-order valence-corrected chi connectivity index (χ3v) is 4.01. The van der Waals surface area contributed by atoms with Gasteiger partial charge in [0.15, 0.2) is 0 Å². The lowest BCUT2D eigenvalue weighted by Gasteiger charge is -2.34. The molecule has 1 heterocycles. The molecule has 114 valence electrons. The molecule has 2 rings (SSSR count). The summed E-state index contributed by atoms with van der Waals surface area (Å²) >= 11 is 0. The zero-order chi connectivity index (χ0) is 15.6. The van der Waals surface area contributed by atoms with E-state index < -0.39 is 34.5 Å². The molecule has 8 heteroatoms. The van der Waals surface area contributed by atoms with Crippen LogP contribution >= 0.6 is 0 Å². The van der Waals surface area contributed by atoms with Crippen molar-refractivity contribution in [2.75, 3.05) is 12.8 Å². The maximum Gasteiger partial charge on any atom is 0.326 e. The molecule has 21 heavy (non-hydrogen) atoms. The zero-order valence-electron chi connectivity index (χ0n) is 11.4. The summed E-state index contributed by atoms with van der Waals surface area (Å²) in [5, 5.41) is 9.28. The lowest BCUT2D eigenvalue weighted by atomic mass is 9.94. The van der Waals surface area contributed by atoms with E-state index in [1.54, 1.807) is 0 Å². The molecular formula is C13H16N2O5S. The van der Waals surface area contributed by atoms with E-state index in [4.69, 9.17) is 0 Å². The number of rotatable bonds is 4. The summed E-state index contributed by atoms with van der Waals surface area (Å²) in [4.78, 5) is 24.6. The van der Waals surface area contributed by atoms with Gasteiger partial charge in [0.05, 0.1) is 12.8 Å². The summed E-state index contributed by atoms with van der Waals surface area (Å²) < 4.78 is 24.2. The number of nitrogens with zero attached hydrogens (tertiary/aromatic N) is 1. The van der Waals surface area contributed by atoms with E-state index in [9.17, 15) is 23.1 Å². The van der Waals surface area contributed by atoms with Gasteiger partial charge in [0.25, 0.3) is 0 Å². The fourth-order valence-electron chi connectivity index (χ4n) is 2.30. The summed E-state index contributed by atoms with van der Waals surface area (Å²) in [6.45, 7) is -0.276. The fourth-order valence-corrected chi connectivity index (χ4v) is 2.69. The molecule has 1 aromatic carbocycles. The fraction of sp³-hybridized carbons (Fsp3) is 0.385. The summed E-state index contributed by atoms with van der Waals surface area (Å²) in [5.74, 6) is -1.65. The Morgan fingerprint density at radius 1 is 1.33 bits per heavy atom. The number of benzene rings is 1. The maximum atomic E-state index is 12.1. The Balaban J connectivity index is 2.20. The highest BCUT2D eigenvalue weighted by atomic mass is 32.2. The monoisotopic (exact) mass is 312 g/mol. The molecule has 1 unspecified atom stereocenters. The van der Waals surface area contributed by atoms with E-state index in [-0.39, 0.29) is 13.0 Å². The van der Waals surface area contributed by atoms with Gasteiger partial charge in [0, 0.05) is 13.0 Å². The van der Waals surface area contributed by atoms with Crippen molar-refractivity contribution in [2.45, 2.75) is 19.0 Å². The lowest BCUT2D eigenvalue weighted by molar-refractivity contribution is -0.150. The molecule has 1 aliphatic rings. The van der Waals surface area contributed by atoms with E-state index >= 15 is 0 Å². The van der Waals surface area contributed by atoms with Gasteiger partial charge in [0.2, 0.25) is 15.9 Å². The number of carboxylic acids is 1. The van der Waals surface area contributed by atoms with Crippen LogP contribution < -0.4 is 4.72 Å². The van der Waals surface area contributed by atoms with Crippen LogP contribution in [0.4, 0.5) is 0 Å². The minimum absolute atomic E-state index is 0.164. The number of hydrogen-bond acceptors (Lipinski definition) is 4. The molecule has 0 saturated carbocycles. The topological polar surface area (TPSA) is 104 Å². The van der Waals surface area contributed by atoms with Crippen molar-refractivity contribution >= 4 is 21.9 Å². The van der Waals surface area contributed by atoms with Gasteiger partial charge < -0.3 is 10.0 Å². The average molecular weight is 312 g/mol. The Morgan fingerprint density at radius 2 is 1.95 bits per heavy atom. The highest BCUT2D eigenvalue weighted by molar-refractivity contribution is 7.88. The van der Waals surface area contributed by atoms with Crippen molar-refractivity contribution in [3.63, 3.8) is 0 Å². The molecule has 0 aliphatic carbocycles. The van der Waals surface area contributed by atoms with E-state index in [1.807, 2.05) is 24.3 Å². The quantitative estimate of drug-likeness (QED) is 0.785. The summed E-state index contributed by atoms with van der Waals surface area (Å²) in [6, 6.07) is 6.32. The van der Waals surface area contributed by atoms with Crippen molar-refractivity contribution in [3.8, 4) is 0 Å². The first-order chi connectivity index (χ1) is 9.78. The average Bonchev–Trinajstić information content (AvgIpc) is 2.42. The molecule has 1 aromatic rings. The van der Waals surface area contributed by atoms with Gasteiger partial charge in [0.1, 0.15) is 6.04 Å². The van der Waals surface area contributed by atoms with Crippen molar-refractivity contribution in [2.24, 2.45) is 0 Å². The van der Waals surface area contributed by atoms with Gasteiger partial charge >= 0.3 is 5.97 Å². The molecular weight excluding hydrogens is 296 g/mol. The van der Waals surface area contributed by atoms with Crippen LogP contribution in [0.5, 0.6) is 0 Å². The van der Waals surface area contributed by atoms with E-state index in [2.05, 4.69) is 4.72 Å². The number of nitrogens with one attached hydrogen (secondary N) is 1. The van der Waals surface area contributed by atoms with E-state index in [1.165, 1.54) is 4.90 Å². The van der Waals surface area contributed by atoms with Gasteiger partial charge in [-0.15, -0.1) is 0 Å². The standard InChI is InChI=1S/C13H16N2O5S/c1-21(19,20)14-7-12(16)15-8-10-5-3-2-4-9(10)6-11(15)13(17)18/h2-5,11,14H,6-8H2,1H3,(H,17,18). The molecule has 0 saturated heterocycles. The van der Waals surface area contributed by atoms with Crippen LogP contribution in [0.2, 0.25) is 0 Å². The number of hydrogen-bond donors (Lipinski definition) is 2. The Labute approximate surface area is 122 Å². The predicted octanol–water partition coefficient (Wildman–Crippen LogP) is -0.426. The molecule has 1 aliphatic heterocycles. The van der Waals surface area contributed by atoms with Crippen LogP contribution in [0.3, 0.4) is 0 Å². The summed E-state index contributed by atoms with van der Waals surface area (Å²) in [7, 11) is -3.50. The number of carbonyl (C=O) groups excluding carboxylic acids is 1. The largest absolute Gasteiger partial charge is 0.480 e. The maximum absolute atomic E-state index is 12.1. The Bertz CT molecular complexity index is 671. The molecule has 0 radical (unpaired) electrons. The van der Waals surface area contributed by atoms with E-state index in [0.29, 0.717) is 0 Å². The molecule has 1 amide bonds. The van der Waals surface area contributed by atoms with Crippen LogP contribution in [-0.2, 0) is 32.6 Å². The third kappa shape index (κ3) is 3.79. The molecule has 0 fully saturated rings. The minimum Gasteiger partial charge on any atom is -0.480 e. The van der Waals surface area contributed by atoms with Crippen molar-refractivity contribution < 1.29 is 23.1 Å². The molecule has 1 atom stereocenters. The number of aliphatic carboxylic acids is 1. The molecule has 0 aromatic heterocycles. The first-order valence-corrected chi connectivity index (χ1v) is 8.21. The van der Waals surface area contributed by atoms with Gasteiger partial charge in [-0.1, -0.05) is 24.3 Å². The van der Waals surface area contributed by atoms with Crippen molar-refractivity contribution in [1.82, 2.24) is 9.62 Å². The second-order valence-corrected chi connectivity index (χ2v) is 6.77. The first kappa shape index (κ1) is 15.5. The van der Waals surface area contributed by atoms with Crippen LogP contribution in [0.15, 0.2) is 24.3 Å². The predicted molar refractivity (Wildman–Crippen MR) is 75.0 cm³/mol. The number of carbonyl (C=O) groups is 2. The van der Waals surface area contributed by atoms with Gasteiger partial charge in [-0.3, -0.25) is 4.79 Å². The smallest absolute Gasteiger partial charge is 0.326 e. The number of fused-ring (bicyclic) bond motifs is 1. The van der Waals surface area contributed by atoms with Crippen LogP contribution in [0.1, 0.15) is 11.1 Å². The first-order valence-electron chi connectivity index (χ1n) is 6.31. The Morgan fingerprint density at radius 3 is 2.52 bits per heavy atom. The SMILES string of the molecule is CS(=O)(=O)NCC(=O)N1Cc2ccccc2CC1C(=O)O. The summed E-state index contributed by atoms with van der Waals surface area (Å²) in [5.41, 5.74) is 1.77. The number of carboxylic acid groups (broad SMARTS) is 1. The second kappa shape index (κ2) is 5.82. The number of sulfonamides is 1.